The van der Waals surface area contributed by atoms with Crippen LogP contribution >= 0.6 is 35.6 Å². The molecule has 1 amide bonds. The molecular weight excluding hydrogens is 550 g/mol. The zero-order valence-corrected chi connectivity index (χ0v) is 21.8. The van der Waals surface area contributed by atoms with Crippen LogP contribution in [0.3, 0.4) is 0 Å². The Morgan fingerprint density at radius 1 is 1.14 bits per heavy atom. The maximum absolute atomic E-state index is 12.8. The van der Waals surface area contributed by atoms with Crippen molar-refractivity contribution in [2.75, 3.05) is 48.8 Å². The summed E-state index contributed by atoms with van der Waals surface area (Å²) in [5.41, 5.74) is -3.74. The monoisotopic (exact) mass is 575 g/mol. The minimum absolute atomic E-state index is 0. The van der Waals surface area contributed by atoms with Crippen molar-refractivity contribution in [2.45, 2.75) is 18.7 Å². The summed E-state index contributed by atoms with van der Waals surface area (Å²) in [4.78, 5) is 23.4. The normalized spacial score (nSPS) is 12.3. The molecule has 14 heteroatoms. The number of carbonyl (C=O) groups is 1. The van der Waals surface area contributed by atoms with Gasteiger partial charge in [-0.05, 0) is 31.2 Å². The molecule has 0 saturated heterocycles. The summed E-state index contributed by atoms with van der Waals surface area (Å²) in [7, 11) is 1.23. The van der Waals surface area contributed by atoms with Crippen LogP contribution in [0.4, 0.5) is 30.2 Å². The molecular formula is C22H27Cl3F3N3O5. The standard InChI is InChI=1S/C12H13F3N2O5.C10H13Cl2N.ClH/c1-11(19,6-22-2)10(18)16-7-3-4-9(17(20)21)8(5-7)12(13,14)15;11-6-8-13(9-7-12)10-4-2-1-3-5-10;/h3-5,19H,6H2,1-2H3,(H,16,18);1-5H,6-9H2;1H/t11-;;/m0../s1. The maximum atomic E-state index is 12.8. The fourth-order valence-electron chi connectivity index (χ4n) is 2.83. The number of nitro benzene ring substituents is 1. The molecule has 202 valence electrons. The molecule has 8 nitrogen and oxygen atoms in total. The first-order chi connectivity index (χ1) is 16.4. The highest BCUT2D eigenvalue weighted by atomic mass is 35.5. The van der Waals surface area contributed by atoms with Gasteiger partial charge >= 0.3 is 6.18 Å². The number of hydrogen-bond acceptors (Lipinski definition) is 6. The highest BCUT2D eigenvalue weighted by Crippen LogP contribution is 2.37. The lowest BCUT2D eigenvalue weighted by Gasteiger charge is -2.22. The number of hydrogen-bond donors (Lipinski definition) is 2. The molecule has 0 spiro atoms. The van der Waals surface area contributed by atoms with Gasteiger partial charge in [-0.25, -0.2) is 0 Å². The molecule has 2 N–H and O–H groups in total. The second-order valence-corrected chi connectivity index (χ2v) is 8.10. The molecule has 2 aromatic carbocycles. The van der Waals surface area contributed by atoms with Gasteiger partial charge in [0, 0.05) is 49.4 Å². The third-order valence-corrected chi connectivity index (χ3v) is 4.84. The van der Waals surface area contributed by atoms with Gasteiger partial charge in [-0.1, -0.05) is 18.2 Å². The van der Waals surface area contributed by atoms with Crippen LogP contribution < -0.4 is 10.2 Å². The SMILES string of the molecule is COC[C@](C)(O)C(=O)Nc1ccc([N+](=O)[O-])c(C(F)(F)F)c1.Cl.ClCCN(CCCl)c1ccccc1. The fourth-order valence-corrected chi connectivity index (χ4v) is 3.23. The first-order valence-electron chi connectivity index (χ1n) is 10.2. The van der Waals surface area contributed by atoms with Gasteiger partial charge in [0.15, 0.2) is 5.60 Å². The Morgan fingerprint density at radius 2 is 1.69 bits per heavy atom. The predicted octanol–water partition coefficient (Wildman–Crippen LogP) is 5.34. The molecule has 2 rings (SSSR count). The predicted molar refractivity (Wildman–Crippen MR) is 137 cm³/mol. The van der Waals surface area contributed by atoms with Crippen LogP contribution in [0.5, 0.6) is 0 Å². The van der Waals surface area contributed by atoms with Crippen LogP contribution in [0.2, 0.25) is 0 Å². The average Bonchev–Trinajstić information content (AvgIpc) is 2.79. The molecule has 0 aromatic heterocycles. The van der Waals surface area contributed by atoms with Crippen molar-refractivity contribution in [3.05, 3.63) is 64.2 Å². The first kappa shape index (κ1) is 33.7. The van der Waals surface area contributed by atoms with E-state index in [1.807, 2.05) is 18.2 Å². The first-order valence-corrected chi connectivity index (χ1v) is 11.2. The van der Waals surface area contributed by atoms with Crippen molar-refractivity contribution in [1.82, 2.24) is 0 Å². The molecule has 0 bridgehead atoms. The van der Waals surface area contributed by atoms with Crippen LogP contribution in [-0.4, -0.2) is 60.1 Å². The summed E-state index contributed by atoms with van der Waals surface area (Å²) in [5, 5.41) is 22.4. The number of nitrogens with one attached hydrogen (secondary N) is 1. The highest BCUT2D eigenvalue weighted by Gasteiger charge is 2.39. The van der Waals surface area contributed by atoms with E-state index in [2.05, 4.69) is 27.1 Å². The van der Waals surface area contributed by atoms with E-state index in [9.17, 15) is 33.2 Å². The quantitative estimate of drug-likeness (QED) is 0.225. The largest absolute Gasteiger partial charge is 0.423 e. The van der Waals surface area contributed by atoms with Crippen molar-refractivity contribution in [2.24, 2.45) is 0 Å². The Kier molecular flexibility index (Phi) is 14.7. The summed E-state index contributed by atoms with van der Waals surface area (Å²) < 4.78 is 43.0. The van der Waals surface area contributed by atoms with E-state index in [0.29, 0.717) is 23.9 Å². The third kappa shape index (κ3) is 10.8. The number of amides is 1. The maximum Gasteiger partial charge on any atom is 0.423 e. The van der Waals surface area contributed by atoms with Gasteiger partial charge in [0.1, 0.15) is 5.56 Å². The summed E-state index contributed by atoms with van der Waals surface area (Å²) in [6.45, 7) is 2.43. The molecule has 0 radical (unpaired) electrons. The number of rotatable bonds is 10. The number of halogens is 6. The molecule has 0 heterocycles. The van der Waals surface area contributed by atoms with Gasteiger partial charge in [-0.2, -0.15) is 13.2 Å². The van der Waals surface area contributed by atoms with Crippen molar-refractivity contribution < 1.29 is 32.7 Å². The molecule has 0 aliphatic carbocycles. The molecule has 36 heavy (non-hydrogen) atoms. The number of methoxy groups -OCH3 is 1. The fraction of sp³-hybridized carbons (Fsp3) is 0.409. The molecule has 0 fully saturated rings. The number of nitrogens with zero attached hydrogens (tertiary/aromatic N) is 2. The van der Waals surface area contributed by atoms with E-state index in [1.165, 1.54) is 12.8 Å². The van der Waals surface area contributed by atoms with E-state index in [0.717, 1.165) is 26.1 Å². The molecule has 1 atom stereocenters. The van der Waals surface area contributed by atoms with Gasteiger partial charge in [-0.3, -0.25) is 14.9 Å². The van der Waals surface area contributed by atoms with Gasteiger partial charge < -0.3 is 20.1 Å². The van der Waals surface area contributed by atoms with Crippen LogP contribution in [0.1, 0.15) is 12.5 Å². The van der Waals surface area contributed by atoms with E-state index in [4.69, 9.17) is 23.2 Å². The van der Waals surface area contributed by atoms with E-state index in [1.54, 1.807) is 0 Å². The second-order valence-electron chi connectivity index (χ2n) is 7.35. The smallest absolute Gasteiger partial charge is 0.381 e. The van der Waals surface area contributed by atoms with Crippen LogP contribution in [0, 0.1) is 10.1 Å². The second kappa shape index (κ2) is 15.7. The van der Waals surface area contributed by atoms with E-state index in [-0.39, 0.29) is 24.7 Å². The summed E-state index contributed by atoms with van der Waals surface area (Å²) in [5.74, 6) is 0.258. The lowest BCUT2D eigenvalue weighted by Crippen LogP contribution is -2.43. The number of benzene rings is 2. The lowest BCUT2D eigenvalue weighted by molar-refractivity contribution is -0.388. The Bertz CT molecular complexity index is 961. The third-order valence-electron chi connectivity index (χ3n) is 4.50. The Hall–Kier alpha value is -2.31. The van der Waals surface area contributed by atoms with Crippen LogP contribution in [-0.2, 0) is 15.7 Å². The van der Waals surface area contributed by atoms with Crippen LogP contribution in [0.15, 0.2) is 48.5 Å². The summed E-state index contributed by atoms with van der Waals surface area (Å²) >= 11 is 11.4. The summed E-state index contributed by atoms with van der Waals surface area (Å²) in [6.07, 6.45) is -4.96. The molecule has 0 aliphatic heterocycles. The zero-order chi connectivity index (χ0) is 26.6. The number of nitro groups is 1. The average molecular weight is 577 g/mol. The van der Waals surface area contributed by atoms with Gasteiger partial charge in [-0.15, -0.1) is 35.6 Å². The topological polar surface area (TPSA) is 105 Å². The number of carbonyl (C=O) groups excluding carboxylic acids is 1. The molecule has 2 aromatic rings. The number of ether oxygens (including phenoxy) is 1. The molecule has 0 unspecified atom stereocenters. The number of alkyl halides is 5. The number of anilines is 2. The molecule has 0 saturated carbocycles. The number of para-hydroxylation sites is 1. The Labute approximate surface area is 222 Å². The van der Waals surface area contributed by atoms with Gasteiger partial charge in [0.25, 0.3) is 11.6 Å². The number of aliphatic hydroxyl groups is 1. The highest BCUT2D eigenvalue weighted by molar-refractivity contribution is 6.18. The van der Waals surface area contributed by atoms with Crippen molar-refractivity contribution in [1.29, 1.82) is 0 Å². The summed E-state index contributed by atoms with van der Waals surface area (Å²) in [6, 6.07) is 12.2. The van der Waals surface area contributed by atoms with Crippen molar-refractivity contribution in [3.8, 4) is 0 Å². The van der Waals surface area contributed by atoms with Crippen LogP contribution in [0.25, 0.3) is 0 Å². The van der Waals surface area contributed by atoms with E-state index < -0.39 is 33.9 Å². The Balaban J connectivity index is 0.000000748. The zero-order valence-electron chi connectivity index (χ0n) is 19.4. The van der Waals surface area contributed by atoms with Gasteiger partial charge in [0.05, 0.1) is 11.5 Å². The Morgan fingerprint density at radius 3 is 2.14 bits per heavy atom. The molecule has 0 aliphatic rings. The van der Waals surface area contributed by atoms with E-state index >= 15 is 0 Å². The minimum Gasteiger partial charge on any atom is -0.381 e. The lowest BCUT2D eigenvalue weighted by atomic mass is 10.1. The minimum atomic E-state index is -4.96. The van der Waals surface area contributed by atoms with Crippen molar-refractivity contribution >= 4 is 58.6 Å². The van der Waals surface area contributed by atoms with Gasteiger partial charge in [0.2, 0.25) is 0 Å². The van der Waals surface area contributed by atoms with Crippen molar-refractivity contribution in [3.63, 3.8) is 0 Å².